The number of ether oxygens (including phenoxy) is 3. The van der Waals surface area contributed by atoms with Gasteiger partial charge in [-0.05, 0) is 99.0 Å². The largest absolute Gasteiger partial charge is 0.493 e. The van der Waals surface area contributed by atoms with Crippen LogP contribution in [0.5, 0.6) is 17.2 Å². The number of aliphatic carboxylic acids is 1. The highest BCUT2D eigenvalue weighted by atomic mass is 16.5. The summed E-state index contributed by atoms with van der Waals surface area (Å²) in [6.45, 7) is 10.8. The average molecular weight is 531 g/mol. The molecule has 1 aliphatic carbocycles. The molecular weight excluding hydrogens is 492 g/mol. The van der Waals surface area contributed by atoms with Crippen molar-refractivity contribution >= 4 is 5.97 Å². The van der Waals surface area contributed by atoms with Crippen LogP contribution in [0, 0.1) is 20.8 Å². The molecule has 0 saturated heterocycles. The van der Waals surface area contributed by atoms with Gasteiger partial charge in [0.2, 0.25) is 0 Å². The topological polar surface area (TPSA) is 85.2 Å². The summed E-state index contributed by atoms with van der Waals surface area (Å²) in [5, 5.41) is 19.3. The smallest absolute Gasteiger partial charge is 0.304 e. The summed E-state index contributed by atoms with van der Waals surface area (Å²) in [7, 11) is 0. The van der Waals surface area contributed by atoms with Crippen LogP contribution in [0.15, 0.2) is 48.5 Å². The van der Waals surface area contributed by atoms with E-state index >= 15 is 0 Å². The predicted molar refractivity (Wildman–Crippen MR) is 151 cm³/mol. The highest BCUT2D eigenvalue weighted by molar-refractivity contribution is 5.75. The number of benzene rings is 3. The summed E-state index contributed by atoms with van der Waals surface area (Å²) in [5.41, 5.74) is 6.77. The maximum atomic E-state index is 11.4. The van der Waals surface area contributed by atoms with Crippen LogP contribution in [0.2, 0.25) is 0 Å². The molecule has 0 radical (unpaired) electrons. The van der Waals surface area contributed by atoms with Crippen LogP contribution in [0.1, 0.15) is 73.3 Å². The zero-order valence-electron chi connectivity index (χ0n) is 23.5. The third kappa shape index (κ3) is 5.76. The Hall–Kier alpha value is -3.51. The first-order chi connectivity index (χ1) is 18.5. The molecule has 0 bridgehead atoms. The van der Waals surface area contributed by atoms with Crippen LogP contribution in [-0.2, 0) is 11.4 Å². The predicted octanol–water partition coefficient (Wildman–Crippen LogP) is 6.88. The van der Waals surface area contributed by atoms with Crippen LogP contribution >= 0.6 is 0 Å². The molecule has 206 valence electrons. The number of hydrogen-bond donors (Lipinski definition) is 2. The van der Waals surface area contributed by atoms with Gasteiger partial charge >= 0.3 is 5.97 Å². The lowest BCUT2D eigenvalue weighted by Gasteiger charge is -2.19. The molecule has 3 aromatic carbocycles. The van der Waals surface area contributed by atoms with Crippen molar-refractivity contribution in [3.8, 4) is 28.4 Å². The van der Waals surface area contributed by atoms with E-state index in [0.717, 1.165) is 52.2 Å². The summed E-state index contributed by atoms with van der Waals surface area (Å²) in [6, 6.07) is 16.2. The van der Waals surface area contributed by atoms with Crippen molar-refractivity contribution < 1.29 is 29.2 Å². The summed E-state index contributed by atoms with van der Waals surface area (Å²) in [5.74, 6) is 1.38. The Balaban J connectivity index is 1.31. The number of aryl methyl sites for hydroxylation is 2. The van der Waals surface area contributed by atoms with E-state index in [-0.39, 0.29) is 17.9 Å². The number of hydrogen-bond acceptors (Lipinski definition) is 5. The molecule has 0 aromatic heterocycles. The molecule has 2 N–H and O–H groups in total. The minimum absolute atomic E-state index is 0.0893. The lowest BCUT2D eigenvalue weighted by molar-refractivity contribution is -0.138. The summed E-state index contributed by atoms with van der Waals surface area (Å²) in [4.78, 5) is 11.4. The van der Waals surface area contributed by atoms with E-state index in [9.17, 15) is 15.0 Å². The Morgan fingerprint density at radius 1 is 1.03 bits per heavy atom. The van der Waals surface area contributed by atoms with Crippen LogP contribution < -0.4 is 14.2 Å². The Kier molecular flexibility index (Phi) is 7.10. The minimum atomic E-state index is -0.795. The van der Waals surface area contributed by atoms with Gasteiger partial charge in [-0.3, -0.25) is 4.79 Å². The van der Waals surface area contributed by atoms with Gasteiger partial charge in [0, 0.05) is 24.0 Å². The van der Waals surface area contributed by atoms with Gasteiger partial charge in [0.05, 0.1) is 18.6 Å². The van der Waals surface area contributed by atoms with E-state index in [2.05, 4.69) is 51.1 Å². The first-order valence-corrected chi connectivity index (χ1v) is 13.7. The lowest BCUT2D eigenvalue weighted by atomic mass is 9.90. The minimum Gasteiger partial charge on any atom is -0.493 e. The van der Waals surface area contributed by atoms with Crippen molar-refractivity contribution in [3.63, 3.8) is 0 Å². The Bertz CT molecular complexity index is 1370. The fourth-order valence-corrected chi connectivity index (χ4v) is 5.72. The van der Waals surface area contributed by atoms with Crippen molar-refractivity contribution in [1.29, 1.82) is 0 Å². The first kappa shape index (κ1) is 27.1. The molecule has 0 unspecified atom stereocenters. The molecule has 1 fully saturated rings. The molecule has 5 rings (SSSR count). The average Bonchev–Trinajstić information content (AvgIpc) is 3.55. The number of carbonyl (C=O) groups is 1. The highest BCUT2D eigenvalue weighted by Crippen LogP contribution is 2.59. The van der Waals surface area contributed by atoms with Gasteiger partial charge in [0.15, 0.2) is 0 Å². The van der Waals surface area contributed by atoms with Crippen molar-refractivity contribution in [1.82, 2.24) is 0 Å². The van der Waals surface area contributed by atoms with Gasteiger partial charge < -0.3 is 24.4 Å². The number of fused-ring (bicyclic) bond motifs is 1. The zero-order chi connectivity index (χ0) is 27.9. The van der Waals surface area contributed by atoms with Crippen molar-refractivity contribution in [3.05, 3.63) is 76.3 Å². The second-order valence-electron chi connectivity index (χ2n) is 11.7. The van der Waals surface area contributed by atoms with Crippen molar-refractivity contribution in [2.24, 2.45) is 0 Å². The Labute approximate surface area is 230 Å². The number of carboxylic acid groups (broad SMARTS) is 1. The third-order valence-corrected chi connectivity index (χ3v) is 8.03. The standard InChI is InChI=1S/C33H38O6/c1-20-15-25(37-14-13-32(4,5)36)16-21(2)31(20)26-8-6-7-23(22(26)3)19-38-24-9-10-27-28(18-30(34)35)33(11-12-33)39-29(27)17-24/h6-10,15-17,28,36H,11-14,18-19H2,1-5H3,(H,34,35)/t28-/m0/s1. The third-order valence-electron chi connectivity index (χ3n) is 8.03. The molecule has 0 amide bonds. The molecule has 1 aliphatic heterocycles. The molecule has 3 aromatic rings. The SMILES string of the molecule is Cc1cc(OCCC(C)(C)O)cc(C)c1-c1cccc(COc2ccc3c(c2)OC2(CC2)[C@H]3CC(=O)O)c1C. The number of aliphatic hydroxyl groups is 1. The van der Waals surface area contributed by atoms with Gasteiger partial charge in [-0.2, -0.15) is 0 Å². The normalized spacial score (nSPS) is 17.0. The van der Waals surface area contributed by atoms with Gasteiger partial charge in [0.1, 0.15) is 29.5 Å². The van der Waals surface area contributed by atoms with Crippen molar-refractivity contribution in [2.45, 2.75) is 84.0 Å². The van der Waals surface area contributed by atoms with E-state index < -0.39 is 11.6 Å². The van der Waals surface area contributed by atoms with E-state index in [1.165, 1.54) is 11.1 Å². The molecule has 39 heavy (non-hydrogen) atoms. The number of carboxylic acids is 1. The van der Waals surface area contributed by atoms with Crippen LogP contribution in [0.25, 0.3) is 11.1 Å². The van der Waals surface area contributed by atoms with E-state index in [1.54, 1.807) is 13.8 Å². The van der Waals surface area contributed by atoms with E-state index in [4.69, 9.17) is 14.2 Å². The molecule has 1 spiro atoms. The molecular formula is C33H38O6. The van der Waals surface area contributed by atoms with Crippen LogP contribution in [0.4, 0.5) is 0 Å². The van der Waals surface area contributed by atoms with Gasteiger partial charge in [-0.25, -0.2) is 0 Å². The monoisotopic (exact) mass is 530 g/mol. The maximum absolute atomic E-state index is 11.4. The Morgan fingerprint density at radius 2 is 1.74 bits per heavy atom. The van der Waals surface area contributed by atoms with E-state index in [1.807, 2.05) is 18.2 Å². The Morgan fingerprint density at radius 3 is 2.38 bits per heavy atom. The van der Waals surface area contributed by atoms with Crippen molar-refractivity contribution in [2.75, 3.05) is 6.61 Å². The van der Waals surface area contributed by atoms with Gasteiger partial charge in [-0.1, -0.05) is 24.3 Å². The van der Waals surface area contributed by atoms with Gasteiger partial charge in [0.25, 0.3) is 0 Å². The zero-order valence-corrected chi connectivity index (χ0v) is 23.5. The molecule has 1 saturated carbocycles. The fraction of sp³-hybridized carbons (Fsp3) is 0.424. The van der Waals surface area contributed by atoms with Gasteiger partial charge in [-0.15, -0.1) is 0 Å². The maximum Gasteiger partial charge on any atom is 0.304 e. The quantitative estimate of drug-likeness (QED) is 0.297. The molecule has 1 heterocycles. The highest BCUT2D eigenvalue weighted by Gasteiger charge is 2.57. The van der Waals surface area contributed by atoms with E-state index in [0.29, 0.717) is 25.4 Å². The fourth-order valence-electron chi connectivity index (χ4n) is 5.72. The number of rotatable bonds is 10. The first-order valence-electron chi connectivity index (χ1n) is 13.7. The molecule has 2 aliphatic rings. The second-order valence-corrected chi connectivity index (χ2v) is 11.7. The molecule has 1 atom stereocenters. The summed E-state index contributed by atoms with van der Waals surface area (Å²) < 4.78 is 18.4. The second kappa shape index (κ2) is 10.2. The summed E-state index contributed by atoms with van der Waals surface area (Å²) in [6.07, 6.45) is 2.45. The molecule has 6 heteroatoms. The molecule has 6 nitrogen and oxygen atoms in total. The van der Waals surface area contributed by atoms with Crippen LogP contribution in [-0.4, -0.2) is 34.0 Å². The summed E-state index contributed by atoms with van der Waals surface area (Å²) >= 11 is 0. The lowest BCUT2D eigenvalue weighted by Crippen LogP contribution is -2.22. The van der Waals surface area contributed by atoms with Crippen LogP contribution in [0.3, 0.4) is 0 Å².